The molecular formula is C35H38N2O3. The SMILES string of the molecule is CCC(=O)Nc1ccc(C(CC)(CC)c2ccc(OC(=O)N(Cc3ccccc3)Cc3ccccc3)cc2)cc1. The van der Waals surface area contributed by atoms with Crippen molar-refractivity contribution in [3.05, 3.63) is 131 Å². The fourth-order valence-corrected chi connectivity index (χ4v) is 5.16. The predicted molar refractivity (Wildman–Crippen MR) is 161 cm³/mol. The molecular weight excluding hydrogens is 496 g/mol. The maximum absolute atomic E-state index is 13.3. The molecule has 0 radical (unpaired) electrons. The largest absolute Gasteiger partial charge is 0.415 e. The van der Waals surface area contributed by atoms with Crippen LogP contribution in [0.2, 0.25) is 0 Å². The predicted octanol–water partition coefficient (Wildman–Crippen LogP) is 8.34. The second-order valence-corrected chi connectivity index (χ2v) is 9.99. The summed E-state index contributed by atoms with van der Waals surface area (Å²) in [5.74, 6) is 0.514. The molecule has 5 nitrogen and oxygen atoms in total. The molecule has 0 aliphatic heterocycles. The summed E-state index contributed by atoms with van der Waals surface area (Å²) in [5, 5.41) is 2.92. The van der Waals surface area contributed by atoms with Crippen LogP contribution in [0.25, 0.3) is 0 Å². The highest BCUT2D eigenvalue weighted by atomic mass is 16.6. The number of rotatable bonds is 11. The lowest BCUT2D eigenvalue weighted by atomic mass is 9.70. The van der Waals surface area contributed by atoms with Crippen LogP contribution < -0.4 is 10.1 Å². The minimum absolute atomic E-state index is 0.00114. The van der Waals surface area contributed by atoms with Gasteiger partial charge < -0.3 is 10.1 Å². The Hall–Kier alpha value is -4.38. The third-order valence-corrected chi connectivity index (χ3v) is 7.55. The number of hydrogen-bond acceptors (Lipinski definition) is 3. The Kier molecular flexibility index (Phi) is 9.74. The van der Waals surface area contributed by atoms with Crippen LogP contribution in [0.1, 0.15) is 62.3 Å². The van der Waals surface area contributed by atoms with Gasteiger partial charge in [0.2, 0.25) is 5.91 Å². The summed E-state index contributed by atoms with van der Waals surface area (Å²) in [4.78, 5) is 26.8. The van der Waals surface area contributed by atoms with Gasteiger partial charge in [0.15, 0.2) is 0 Å². The van der Waals surface area contributed by atoms with E-state index in [9.17, 15) is 9.59 Å². The molecule has 4 aromatic carbocycles. The van der Waals surface area contributed by atoms with Gasteiger partial charge in [-0.25, -0.2) is 4.79 Å². The van der Waals surface area contributed by atoms with E-state index in [-0.39, 0.29) is 17.4 Å². The Labute approximate surface area is 237 Å². The van der Waals surface area contributed by atoms with Gasteiger partial charge in [-0.3, -0.25) is 9.69 Å². The Bertz CT molecular complexity index is 1320. The van der Waals surface area contributed by atoms with Crippen LogP contribution in [0.4, 0.5) is 10.5 Å². The standard InChI is InChI=1S/C35H38N2O3/c1-4-33(38)36-31-21-17-29(18-22-31)35(5-2,6-3)30-19-23-32(24-20-30)40-34(39)37(25-27-13-9-7-10-14-27)26-28-15-11-8-12-16-28/h7-24H,4-6,25-26H2,1-3H3,(H,36,38). The van der Waals surface area contributed by atoms with Gasteiger partial charge in [0, 0.05) is 30.6 Å². The molecule has 0 saturated carbocycles. The molecule has 0 atom stereocenters. The molecule has 4 aromatic rings. The zero-order valence-corrected chi connectivity index (χ0v) is 23.6. The van der Waals surface area contributed by atoms with Crippen LogP contribution in [0.3, 0.4) is 0 Å². The maximum Gasteiger partial charge on any atom is 0.415 e. The van der Waals surface area contributed by atoms with E-state index in [1.807, 2.05) is 91.9 Å². The zero-order valence-electron chi connectivity index (χ0n) is 23.6. The molecule has 206 valence electrons. The Morgan fingerprint density at radius 2 is 1.15 bits per heavy atom. The average molecular weight is 535 g/mol. The molecule has 1 N–H and O–H groups in total. The third kappa shape index (κ3) is 6.97. The van der Waals surface area contributed by atoms with Crippen LogP contribution in [-0.4, -0.2) is 16.9 Å². The number of benzene rings is 4. The van der Waals surface area contributed by atoms with E-state index in [1.165, 1.54) is 5.56 Å². The summed E-state index contributed by atoms with van der Waals surface area (Å²) in [6, 6.07) is 35.9. The molecule has 5 heteroatoms. The molecule has 40 heavy (non-hydrogen) atoms. The summed E-state index contributed by atoms with van der Waals surface area (Å²) in [6.45, 7) is 7.13. The summed E-state index contributed by atoms with van der Waals surface area (Å²) in [7, 11) is 0. The maximum atomic E-state index is 13.3. The van der Waals surface area contributed by atoms with Crippen molar-refractivity contribution in [1.29, 1.82) is 0 Å². The second-order valence-electron chi connectivity index (χ2n) is 9.99. The molecule has 0 fully saturated rings. The Balaban J connectivity index is 1.52. The van der Waals surface area contributed by atoms with Crippen molar-refractivity contribution in [3.8, 4) is 5.75 Å². The first kappa shape index (κ1) is 28.6. The van der Waals surface area contributed by atoms with Crippen LogP contribution in [0, 0.1) is 0 Å². The van der Waals surface area contributed by atoms with Crippen molar-refractivity contribution in [2.24, 2.45) is 0 Å². The topological polar surface area (TPSA) is 58.6 Å². The summed E-state index contributed by atoms with van der Waals surface area (Å²) < 4.78 is 5.87. The lowest BCUT2D eigenvalue weighted by Gasteiger charge is -2.33. The second kappa shape index (κ2) is 13.6. The summed E-state index contributed by atoms with van der Waals surface area (Å²) in [5.41, 5.74) is 5.04. The smallest absolute Gasteiger partial charge is 0.410 e. The van der Waals surface area contributed by atoms with Crippen molar-refractivity contribution in [1.82, 2.24) is 4.90 Å². The number of nitrogens with one attached hydrogen (secondary N) is 1. The van der Waals surface area contributed by atoms with Gasteiger partial charge in [-0.05, 0) is 59.4 Å². The number of anilines is 1. The first-order chi connectivity index (χ1) is 19.5. The molecule has 0 aromatic heterocycles. The molecule has 0 spiro atoms. The third-order valence-electron chi connectivity index (χ3n) is 7.55. The van der Waals surface area contributed by atoms with Gasteiger partial charge in [-0.1, -0.05) is 106 Å². The van der Waals surface area contributed by atoms with Gasteiger partial charge in [-0.2, -0.15) is 0 Å². The van der Waals surface area contributed by atoms with E-state index in [0.717, 1.165) is 35.2 Å². The fraction of sp³-hybridized carbons (Fsp3) is 0.257. The van der Waals surface area contributed by atoms with Crippen molar-refractivity contribution in [3.63, 3.8) is 0 Å². The van der Waals surface area contributed by atoms with Crippen molar-refractivity contribution < 1.29 is 14.3 Å². The average Bonchev–Trinajstić information content (AvgIpc) is 3.00. The van der Waals surface area contributed by atoms with E-state index < -0.39 is 0 Å². The van der Waals surface area contributed by atoms with Gasteiger partial charge in [0.25, 0.3) is 0 Å². The lowest BCUT2D eigenvalue weighted by molar-refractivity contribution is -0.115. The van der Waals surface area contributed by atoms with Crippen LogP contribution in [-0.2, 0) is 23.3 Å². The van der Waals surface area contributed by atoms with Crippen molar-refractivity contribution >= 4 is 17.7 Å². The highest BCUT2D eigenvalue weighted by Crippen LogP contribution is 2.39. The summed E-state index contributed by atoms with van der Waals surface area (Å²) >= 11 is 0. The van der Waals surface area contributed by atoms with E-state index in [4.69, 9.17) is 4.74 Å². The molecule has 0 aliphatic rings. The molecule has 0 unspecified atom stereocenters. The monoisotopic (exact) mass is 534 g/mol. The molecule has 0 bridgehead atoms. The van der Waals surface area contributed by atoms with E-state index in [2.05, 4.69) is 43.4 Å². The van der Waals surface area contributed by atoms with Gasteiger partial charge in [-0.15, -0.1) is 0 Å². The quantitative estimate of drug-likeness (QED) is 0.210. The molecule has 4 rings (SSSR count). The highest BCUT2D eigenvalue weighted by molar-refractivity contribution is 5.90. The van der Waals surface area contributed by atoms with E-state index in [1.54, 1.807) is 4.90 Å². The number of hydrogen-bond donors (Lipinski definition) is 1. The van der Waals surface area contributed by atoms with E-state index >= 15 is 0 Å². The number of amides is 2. The van der Waals surface area contributed by atoms with Crippen LogP contribution in [0.15, 0.2) is 109 Å². The number of ether oxygens (including phenoxy) is 1. The van der Waals surface area contributed by atoms with Gasteiger partial charge in [0.1, 0.15) is 5.75 Å². The minimum atomic E-state index is -0.387. The number of carbonyl (C=O) groups is 2. The fourth-order valence-electron chi connectivity index (χ4n) is 5.16. The lowest BCUT2D eigenvalue weighted by Crippen LogP contribution is -2.32. The van der Waals surface area contributed by atoms with Crippen LogP contribution >= 0.6 is 0 Å². The molecule has 0 heterocycles. The van der Waals surface area contributed by atoms with Gasteiger partial charge in [0.05, 0.1) is 0 Å². The number of nitrogens with zero attached hydrogens (tertiary/aromatic N) is 1. The van der Waals surface area contributed by atoms with Crippen molar-refractivity contribution in [2.45, 2.75) is 58.5 Å². The minimum Gasteiger partial charge on any atom is -0.410 e. The first-order valence-electron chi connectivity index (χ1n) is 14.0. The Morgan fingerprint density at radius 1 is 0.675 bits per heavy atom. The van der Waals surface area contributed by atoms with Gasteiger partial charge >= 0.3 is 6.09 Å². The molecule has 2 amide bonds. The zero-order chi connectivity index (χ0) is 28.4. The molecule has 0 aliphatic carbocycles. The first-order valence-corrected chi connectivity index (χ1v) is 14.0. The normalized spacial score (nSPS) is 11.1. The Morgan fingerprint density at radius 3 is 1.60 bits per heavy atom. The van der Waals surface area contributed by atoms with Crippen molar-refractivity contribution in [2.75, 3.05) is 5.32 Å². The highest BCUT2D eigenvalue weighted by Gasteiger charge is 2.31. The summed E-state index contributed by atoms with van der Waals surface area (Å²) in [6.07, 6.45) is 1.88. The number of carbonyl (C=O) groups excluding carboxylic acids is 2. The molecule has 0 saturated heterocycles. The van der Waals surface area contributed by atoms with Crippen LogP contribution in [0.5, 0.6) is 5.75 Å². The van der Waals surface area contributed by atoms with E-state index in [0.29, 0.717) is 25.3 Å².